The van der Waals surface area contributed by atoms with Crippen molar-refractivity contribution in [2.75, 3.05) is 6.54 Å². The number of nitrogens with zero attached hydrogens (tertiary/aromatic N) is 2. The maximum atomic E-state index is 5.62. The molecule has 0 aliphatic rings. The molecule has 0 saturated carbocycles. The normalized spacial score (nSPS) is 11.3. The third-order valence-electron chi connectivity index (χ3n) is 3.62. The van der Waals surface area contributed by atoms with Crippen molar-refractivity contribution in [1.29, 1.82) is 0 Å². The summed E-state index contributed by atoms with van der Waals surface area (Å²) in [5.41, 5.74) is 10.6. The zero-order chi connectivity index (χ0) is 13.2. The quantitative estimate of drug-likeness (QED) is 0.748. The van der Waals surface area contributed by atoms with Gasteiger partial charge in [0.25, 0.3) is 0 Å². The molecule has 3 N–H and O–H groups in total. The maximum Gasteiger partial charge on any atom is 0.0526 e. The van der Waals surface area contributed by atoms with E-state index in [0.717, 1.165) is 18.5 Å². The van der Waals surface area contributed by atoms with Gasteiger partial charge in [0.05, 0.1) is 6.20 Å². The molecule has 3 rings (SSSR count). The Morgan fingerprint density at radius 1 is 1.32 bits per heavy atom. The van der Waals surface area contributed by atoms with Crippen molar-refractivity contribution < 1.29 is 0 Å². The van der Waals surface area contributed by atoms with Crippen LogP contribution in [0.3, 0.4) is 0 Å². The van der Waals surface area contributed by atoms with E-state index in [1.807, 2.05) is 6.20 Å². The summed E-state index contributed by atoms with van der Waals surface area (Å²) in [6.45, 7) is 0.643. The molecule has 0 atom stereocenters. The van der Waals surface area contributed by atoms with Crippen molar-refractivity contribution in [3.63, 3.8) is 0 Å². The summed E-state index contributed by atoms with van der Waals surface area (Å²) < 4.78 is 2.24. The van der Waals surface area contributed by atoms with Crippen molar-refractivity contribution in [3.05, 3.63) is 53.5 Å². The maximum absolute atomic E-state index is 5.62. The summed E-state index contributed by atoms with van der Waals surface area (Å²) in [7, 11) is 2.11. The monoisotopic (exact) mass is 254 g/mol. The zero-order valence-electron chi connectivity index (χ0n) is 11.1. The number of para-hydroxylation sites is 1. The smallest absolute Gasteiger partial charge is 0.0526 e. The van der Waals surface area contributed by atoms with E-state index in [1.54, 1.807) is 0 Å². The molecule has 0 bridgehead atoms. The van der Waals surface area contributed by atoms with Crippen LogP contribution >= 0.6 is 0 Å². The lowest BCUT2D eigenvalue weighted by Gasteiger charge is -2.04. The largest absolute Gasteiger partial charge is 0.347 e. The van der Waals surface area contributed by atoms with Gasteiger partial charge in [-0.25, -0.2) is 0 Å². The van der Waals surface area contributed by atoms with Crippen LogP contribution in [0.5, 0.6) is 0 Å². The Labute approximate surface area is 112 Å². The molecule has 98 valence electrons. The summed E-state index contributed by atoms with van der Waals surface area (Å²) in [5.74, 6) is 0. The second-order valence-electron chi connectivity index (χ2n) is 4.84. The van der Waals surface area contributed by atoms with E-state index in [1.165, 1.54) is 22.2 Å². The van der Waals surface area contributed by atoms with Crippen LogP contribution in [0.25, 0.3) is 10.9 Å². The minimum absolute atomic E-state index is 0.643. The number of hydrogen-bond acceptors (Lipinski definition) is 2. The fourth-order valence-corrected chi connectivity index (χ4v) is 2.56. The number of nitrogens with one attached hydrogen (secondary N) is 1. The van der Waals surface area contributed by atoms with E-state index in [2.05, 4.69) is 52.1 Å². The summed E-state index contributed by atoms with van der Waals surface area (Å²) in [5, 5.41) is 8.45. The van der Waals surface area contributed by atoms with Gasteiger partial charge < -0.3 is 10.3 Å². The van der Waals surface area contributed by atoms with Crippen LogP contribution in [0.4, 0.5) is 0 Å². The van der Waals surface area contributed by atoms with E-state index < -0.39 is 0 Å². The molecule has 0 unspecified atom stereocenters. The van der Waals surface area contributed by atoms with Gasteiger partial charge in [-0.15, -0.1) is 0 Å². The Bertz CT molecular complexity index is 693. The lowest BCUT2D eigenvalue weighted by atomic mass is 10.1. The molecule has 0 amide bonds. The fraction of sp³-hybridized carbons (Fsp3) is 0.267. The number of fused-ring (bicyclic) bond motifs is 1. The Hall–Kier alpha value is -2.07. The van der Waals surface area contributed by atoms with Crippen molar-refractivity contribution in [2.24, 2.45) is 12.8 Å². The Balaban J connectivity index is 1.96. The summed E-state index contributed by atoms with van der Waals surface area (Å²) in [6.07, 6.45) is 3.64. The average Bonchev–Trinajstić information content (AvgIpc) is 2.98. The molecular formula is C15H18N4. The summed E-state index contributed by atoms with van der Waals surface area (Å²) >= 11 is 0. The summed E-state index contributed by atoms with van der Waals surface area (Å²) in [6, 6.07) is 10.7. The van der Waals surface area contributed by atoms with Crippen molar-refractivity contribution in [1.82, 2.24) is 14.8 Å². The predicted molar refractivity (Wildman–Crippen MR) is 77.1 cm³/mol. The van der Waals surface area contributed by atoms with Crippen molar-refractivity contribution in [3.8, 4) is 0 Å². The highest BCUT2D eigenvalue weighted by molar-refractivity contribution is 5.81. The molecule has 2 aromatic heterocycles. The van der Waals surface area contributed by atoms with Gasteiger partial charge in [0.1, 0.15) is 0 Å². The molecule has 3 aromatic rings. The molecule has 0 aliphatic heterocycles. The molecule has 0 radical (unpaired) electrons. The fourth-order valence-electron chi connectivity index (χ4n) is 2.56. The Morgan fingerprint density at radius 3 is 2.95 bits per heavy atom. The van der Waals surface area contributed by atoms with Gasteiger partial charge in [-0.2, -0.15) is 5.10 Å². The molecule has 0 spiro atoms. The molecule has 2 heterocycles. The van der Waals surface area contributed by atoms with Gasteiger partial charge >= 0.3 is 0 Å². The highest BCUT2D eigenvalue weighted by Crippen LogP contribution is 2.21. The van der Waals surface area contributed by atoms with Crippen LogP contribution in [-0.4, -0.2) is 21.3 Å². The molecule has 19 heavy (non-hydrogen) atoms. The molecule has 4 nitrogen and oxygen atoms in total. The zero-order valence-corrected chi connectivity index (χ0v) is 11.1. The van der Waals surface area contributed by atoms with E-state index in [0.29, 0.717) is 6.54 Å². The second kappa shape index (κ2) is 4.90. The molecule has 0 fully saturated rings. The van der Waals surface area contributed by atoms with E-state index in [4.69, 9.17) is 5.73 Å². The highest BCUT2D eigenvalue weighted by atomic mass is 15.1. The number of aryl methyl sites for hydroxylation is 1. The van der Waals surface area contributed by atoms with Gasteiger partial charge in [-0.05, 0) is 29.6 Å². The number of H-pyrrole nitrogens is 1. The summed E-state index contributed by atoms with van der Waals surface area (Å²) in [4.78, 5) is 0. The van der Waals surface area contributed by atoms with Gasteiger partial charge in [0, 0.05) is 36.8 Å². The molecule has 0 saturated heterocycles. The third-order valence-corrected chi connectivity index (χ3v) is 3.62. The van der Waals surface area contributed by atoms with E-state index in [9.17, 15) is 0 Å². The standard InChI is InChI=1S/C15H18N4/c1-19-13(8-11-4-2-3-5-15(11)19)9-12-10-17-18-14(12)6-7-16/h2-5,8,10H,6-7,9,16H2,1H3,(H,17,18). The van der Waals surface area contributed by atoms with Crippen LogP contribution in [0.15, 0.2) is 36.5 Å². The molecule has 0 aliphatic carbocycles. The van der Waals surface area contributed by atoms with E-state index in [-0.39, 0.29) is 0 Å². The van der Waals surface area contributed by atoms with Crippen LogP contribution in [0, 0.1) is 0 Å². The number of aromatic nitrogens is 3. The van der Waals surface area contributed by atoms with Gasteiger partial charge in [-0.1, -0.05) is 18.2 Å². The van der Waals surface area contributed by atoms with Gasteiger partial charge in [0.15, 0.2) is 0 Å². The first-order valence-electron chi connectivity index (χ1n) is 6.54. The molecular weight excluding hydrogens is 236 g/mol. The topological polar surface area (TPSA) is 59.6 Å². The first kappa shape index (κ1) is 12.0. The number of nitrogens with two attached hydrogens (primary N) is 1. The first-order chi connectivity index (χ1) is 9.29. The number of rotatable bonds is 4. The lowest BCUT2D eigenvalue weighted by molar-refractivity contribution is 0.858. The first-order valence-corrected chi connectivity index (χ1v) is 6.54. The van der Waals surface area contributed by atoms with Crippen LogP contribution < -0.4 is 5.73 Å². The minimum atomic E-state index is 0.643. The second-order valence-corrected chi connectivity index (χ2v) is 4.84. The van der Waals surface area contributed by atoms with Crippen LogP contribution in [-0.2, 0) is 19.9 Å². The Kier molecular flexibility index (Phi) is 3.09. The van der Waals surface area contributed by atoms with Crippen molar-refractivity contribution >= 4 is 10.9 Å². The van der Waals surface area contributed by atoms with Crippen molar-refractivity contribution in [2.45, 2.75) is 12.8 Å². The highest BCUT2D eigenvalue weighted by Gasteiger charge is 2.10. The van der Waals surface area contributed by atoms with Gasteiger partial charge in [0.2, 0.25) is 0 Å². The van der Waals surface area contributed by atoms with Crippen LogP contribution in [0.1, 0.15) is 17.0 Å². The third kappa shape index (κ3) is 2.15. The molecule has 4 heteroatoms. The number of benzene rings is 1. The minimum Gasteiger partial charge on any atom is -0.347 e. The van der Waals surface area contributed by atoms with E-state index >= 15 is 0 Å². The number of hydrogen-bond donors (Lipinski definition) is 2. The number of aromatic amines is 1. The SMILES string of the molecule is Cn1c(Cc2cn[nH]c2CCN)cc2ccccc21. The van der Waals surface area contributed by atoms with Gasteiger partial charge in [-0.3, -0.25) is 5.10 Å². The lowest BCUT2D eigenvalue weighted by Crippen LogP contribution is -2.06. The molecule has 1 aromatic carbocycles. The predicted octanol–water partition coefficient (Wildman–Crippen LogP) is 1.99. The Morgan fingerprint density at radius 2 is 2.16 bits per heavy atom. The average molecular weight is 254 g/mol. The van der Waals surface area contributed by atoms with Crippen LogP contribution in [0.2, 0.25) is 0 Å².